The van der Waals surface area contributed by atoms with Gasteiger partial charge in [0.25, 0.3) is 0 Å². The number of primary amides is 1. The Morgan fingerprint density at radius 1 is 0.525 bits per heavy atom. The van der Waals surface area contributed by atoms with Crippen LogP contribution in [0.1, 0.15) is 80.8 Å². The highest BCUT2D eigenvalue weighted by atomic mass is 16.4. The number of aromatic amines is 1. The minimum absolute atomic E-state index is 0.0300. The summed E-state index contributed by atoms with van der Waals surface area (Å²) in [6.45, 7) is 1.77. The van der Waals surface area contributed by atoms with Crippen LogP contribution in [0.25, 0.3) is 10.9 Å². The zero-order chi connectivity index (χ0) is 73.7. The number of hydrogen-bond donors (Lipinski definition) is 15. The molecule has 1 aliphatic heterocycles. The number of H-pyrrole nitrogens is 1. The molecule has 2 aromatic heterocycles. The molecule has 0 bridgehead atoms. The van der Waals surface area contributed by atoms with Gasteiger partial charge < -0.3 is 78.6 Å². The predicted molar refractivity (Wildman–Crippen MR) is 359 cm³/mol. The van der Waals surface area contributed by atoms with E-state index >= 15 is 0 Å². The molecule has 0 spiro atoms. The van der Waals surface area contributed by atoms with Crippen LogP contribution in [0, 0.1) is 0 Å². The molecule has 7 atom stereocenters. The number of amides is 8. The van der Waals surface area contributed by atoms with E-state index in [-0.39, 0.29) is 103 Å². The standard InChI is InChI=1S/C66H88N16O19/c1-3-4-13-48(64(99)75-52(32-56(87)88)65(100)73-50(60(67)95)29-41-10-6-5-7-11-41)72-66(101)53(31-43-33-68-47-14-9-8-12-46(43)47)82-35-44(76-77-82)34-69-62(97)51(30-42-15-17-45(83)18-16-42)74-61(96)40(2)70-63(98)49(19-20-55(85)86)71-54(84)36-78-21-23-79(37-57(89)90)25-27-81(39-59(93)94)28-26-80(24-22-78)38-58(91)92/h5-12,14-18,33,35,40,48-53,68,83H,3-4,13,19-32,34,36-39H2,1-2H3,(H2,67,95)(H,69,97)(H,70,98)(H,71,84)(H,72,101)(H,73,100)(H,74,96)(H,75,99)(H,85,86)(H,87,88)(H,89,90)(H,91,92)(H,93,94)/t40-,48-,49+,50-,51-,52-,53-/m0/s1. The lowest BCUT2D eigenvalue weighted by atomic mass is 10.0. The van der Waals surface area contributed by atoms with Crippen molar-refractivity contribution in [3.63, 3.8) is 0 Å². The first-order valence-corrected chi connectivity index (χ1v) is 32.8. The Labute approximate surface area is 579 Å². The first-order valence-electron chi connectivity index (χ1n) is 32.8. The summed E-state index contributed by atoms with van der Waals surface area (Å²) >= 11 is 0. The summed E-state index contributed by atoms with van der Waals surface area (Å²) in [6, 6.07) is 11.5. The number of rotatable bonds is 38. The highest BCUT2D eigenvalue weighted by molar-refractivity contribution is 5.97. The van der Waals surface area contributed by atoms with Gasteiger partial charge in [0, 0.05) is 95.1 Å². The highest BCUT2D eigenvalue weighted by Crippen LogP contribution is 2.24. The van der Waals surface area contributed by atoms with E-state index in [1.165, 1.54) is 42.1 Å². The number of carbonyl (C=O) groups is 13. The average Bonchev–Trinajstić information content (AvgIpc) is 1.69. The molecule has 5 aromatic rings. The fraction of sp³-hybridized carbons (Fsp3) is 0.470. The summed E-state index contributed by atoms with van der Waals surface area (Å²) in [6.07, 6.45) is 1.78. The third-order valence-corrected chi connectivity index (χ3v) is 16.6. The van der Waals surface area contributed by atoms with E-state index in [0.29, 0.717) is 29.5 Å². The van der Waals surface area contributed by atoms with Crippen molar-refractivity contribution in [3.8, 4) is 5.75 Å². The van der Waals surface area contributed by atoms with Gasteiger partial charge in [-0.2, -0.15) is 0 Å². The van der Waals surface area contributed by atoms with Crippen molar-refractivity contribution >= 4 is 88.0 Å². The molecule has 3 aromatic carbocycles. The van der Waals surface area contributed by atoms with Crippen molar-refractivity contribution in [3.05, 3.63) is 114 Å². The number of nitrogens with zero attached hydrogens (tertiary/aromatic N) is 7. The highest BCUT2D eigenvalue weighted by Gasteiger charge is 2.35. The Hall–Kier alpha value is -10.9. The molecule has 16 N–H and O–H groups in total. The third kappa shape index (κ3) is 27.0. The first-order chi connectivity index (χ1) is 48.1. The maximum Gasteiger partial charge on any atom is 0.317 e. The van der Waals surface area contributed by atoms with Crippen molar-refractivity contribution in [1.82, 2.24) is 76.8 Å². The van der Waals surface area contributed by atoms with Gasteiger partial charge in [0.2, 0.25) is 47.3 Å². The number of phenols is 1. The van der Waals surface area contributed by atoms with Crippen molar-refractivity contribution < 1.29 is 93.0 Å². The second-order valence-corrected chi connectivity index (χ2v) is 24.5. The number of para-hydroxylation sites is 1. The third-order valence-electron chi connectivity index (χ3n) is 16.6. The Morgan fingerprint density at radius 2 is 1.03 bits per heavy atom. The number of benzene rings is 3. The quantitative estimate of drug-likeness (QED) is 0.0199. The zero-order valence-electron chi connectivity index (χ0n) is 56.0. The number of carboxylic acids is 5. The molecule has 1 saturated heterocycles. The lowest BCUT2D eigenvalue weighted by Crippen LogP contribution is -2.57. The van der Waals surface area contributed by atoms with E-state index < -0.39 is 158 Å². The van der Waals surface area contributed by atoms with Crippen LogP contribution in [0.4, 0.5) is 0 Å². The fourth-order valence-electron chi connectivity index (χ4n) is 11.1. The van der Waals surface area contributed by atoms with Gasteiger partial charge in [-0.1, -0.05) is 85.6 Å². The number of fused-ring (bicyclic) bond motifs is 1. The van der Waals surface area contributed by atoms with Crippen LogP contribution in [-0.2, 0) is 88.1 Å². The van der Waals surface area contributed by atoms with Crippen molar-refractivity contribution in [2.75, 3.05) is 78.5 Å². The minimum Gasteiger partial charge on any atom is -0.508 e. The number of aromatic hydroxyl groups is 1. The van der Waals surface area contributed by atoms with Crippen molar-refractivity contribution in [2.24, 2.45) is 5.73 Å². The topological polar surface area (TPSA) is 513 Å². The fourth-order valence-corrected chi connectivity index (χ4v) is 11.1. The smallest absolute Gasteiger partial charge is 0.317 e. The number of nitrogens with two attached hydrogens (primary N) is 1. The molecule has 3 heterocycles. The monoisotopic (exact) mass is 1410 g/mol. The molecule has 0 radical (unpaired) electrons. The van der Waals surface area contributed by atoms with Crippen molar-refractivity contribution in [1.29, 1.82) is 0 Å². The van der Waals surface area contributed by atoms with Gasteiger partial charge in [-0.3, -0.25) is 81.9 Å². The second kappa shape index (κ2) is 39.6. The molecule has 101 heavy (non-hydrogen) atoms. The van der Waals surface area contributed by atoms with Crippen LogP contribution >= 0.6 is 0 Å². The Balaban J connectivity index is 1.17. The lowest BCUT2D eigenvalue weighted by Gasteiger charge is -2.33. The zero-order valence-corrected chi connectivity index (χ0v) is 56.0. The van der Waals surface area contributed by atoms with E-state index in [1.807, 2.05) is 25.1 Å². The van der Waals surface area contributed by atoms with E-state index in [4.69, 9.17) is 5.73 Å². The largest absolute Gasteiger partial charge is 0.508 e. The van der Waals surface area contributed by atoms with E-state index in [9.17, 15) is 93.0 Å². The molecule has 35 nitrogen and oxygen atoms in total. The molecule has 0 aliphatic carbocycles. The number of unbranched alkanes of at least 4 members (excludes halogenated alkanes) is 1. The number of hydrogen-bond acceptors (Lipinski definition) is 20. The van der Waals surface area contributed by atoms with Crippen LogP contribution < -0.4 is 43.0 Å². The molecule has 35 heteroatoms. The average molecular weight is 1410 g/mol. The summed E-state index contributed by atoms with van der Waals surface area (Å²) in [5.41, 5.74) is 8.20. The molecule has 1 aliphatic rings. The van der Waals surface area contributed by atoms with E-state index in [1.54, 1.807) is 62.2 Å². The normalized spacial score (nSPS) is 15.6. The van der Waals surface area contributed by atoms with Crippen LogP contribution in [0.2, 0.25) is 0 Å². The van der Waals surface area contributed by atoms with Gasteiger partial charge in [0.05, 0.1) is 45.3 Å². The SMILES string of the molecule is CCCC[C@H](NC(=O)[C@H](Cc1c[nH]c2ccccc12)n1cc(CNC(=O)[C@H](Cc2ccc(O)cc2)NC(=O)[C@H](C)NC(=O)[C@@H](CCC(=O)O)NC(=O)CN2CCN(CC(=O)O)CCN(CC(=O)O)CCN(CC(=O)O)CC2)nn1)C(=O)N[C@@H](CC(=O)O)C(=O)N[C@@H](Cc1ccccc1)C(N)=O. The van der Waals surface area contributed by atoms with E-state index in [2.05, 4.69) is 52.5 Å². The predicted octanol–water partition coefficient (Wildman–Crippen LogP) is -2.23. The number of aromatic nitrogens is 4. The van der Waals surface area contributed by atoms with Gasteiger partial charge >= 0.3 is 29.8 Å². The van der Waals surface area contributed by atoms with Gasteiger partial charge in [0.1, 0.15) is 53.7 Å². The first kappa shape index (κ1) is 79.1. The Morgan fingerprint density at radius 3 is 1.59 bits per heavy atom. The molecule has 1 fully saturated rings. The van der Waals surface area contributed by atoms with Crippen LogP contribution in [0.5, 0.6) is 5.75 Å². The van der Waals surface area contributed by atoms with Crippen LogP contribution in [-0.4, -0.2) is 262 Å². The summed E-state index contributed by atoms with van der Waals surface area (Å²) in [5.74, 6) is -13.4. The maximum atomic E-state index is 14.8. The van der Waals surface area contributed by atoms with Gasteiger partial charge in [-0.05, 0) is 54.7 Å². The summed E-state index contributed by atoms with van der Waals surface area (Å²) in [4.78, 5) is 180. The maximum absolute atomic E-state index is 14.8. The molecule has 6 rings (SSSR count). The van der Waals surface area contributed by atoms with E-state index in [0.717, 1.165) is 10.9 Å². The molecule has 8 amide bonds. The van der Waals surface area contributed by atoms with Gasteiger partial charge in [-0.25, -0.2) is 4.68 Å². The molecule has 0 unspecified atom stereocenters. The number of aliphatic carboxylic acids is 5. The lowest BCUT2D eigenvalue weighted by molar-refractivity contribution is -0.141. The number of nitrogens with one attached hydrogen (secondary N) is 8. The molecule has 546 valence electrons. The summed E-state index contributed by atoms with van der Waals surface area (Å²) in [7, 11) is 0. The minimum atomic E-state index is -1.72. The van der Waals surface area contributed by atoms with Gasteiger partial charge in [0.15, 0.2) is 0 Å². The van der Waals surface area contributed by atoms with Crippen LogP contribution in [0.15, 0.2) is 91.3 Å². The second-order valence-electron chi connectivity index (χ2n) is 24.5. The van der Waals surface area contributed by atoms with Crippen LogP contribution in [0.3, 0.4) is 0 Å². The summed E-state index contributed by atoms with van der Waals surface area (Å²) in [5, 5.41) is 85.6. The number of carbonyl (C=O) groups excluding carboxylic acids is 8. The van der Waals surface area contributed by atoms with Gasteiger partial charge in [-0.15, -0.1) is 5.10 Å². The Kier molecular flexibility index (Phi) is 31.0. The number of phenolic OH excluding ortho intramolecular Hbond substituents is 1. The molecular weight excluding hydrogens is 1320 g/mol. The number of carboxylic acid groups (broad SMARTS) is 5. The van der Waals surface area contributed by atoms with Crippen molar-refractivity contribution in [2.45, 2.75) is 120 Å². The Bertz CT molecular complexity index is 3650. The molecule has 0 saturated carbocycles. The summed E-state index contributed by atoms with van der Waals surface area (Å²) < 4.78 is 1.22. The molecular formula is C66H88N16O19.